The summed E-state index contributed by atoms with van der Waals surface area (Å²) in [6.45, 7) is 0. The van der Waals surface area contributed by atoms with E-state index in [1.807, 2.05) is 60.7 Å². The summed E-state index contributed by atoms with van der Waals surface area (Å²) in [5, 5.41) is 9.32. The van der Waals surface area contributed by atoms with Crippen molar-refractivity contribution in [2.45, 2.75) is 0 Å². The van der Waals surface area contributed by atoms with Crippen LogP contribution in [0.3, 0.4) is 0 Å². The number of benzene rings is 1. The van der Waals surface area contributed by atoms with Crippen LogP contribution in [0.25, 0.3) is 22.3 Å². The second-order valence-electron chi connectivity index (χ2n) is 4.38. The normalized spacial score (nSPS) is 10.0. The summed E-state index contributed by atoms with van der Waals surface area (Å²) in [6, 6.07) is 21.1. The third kappa shape index (κ3) is 2.38. The highest BCUT2D eigenvalue weighted by molar-refractivity contribution is 6.03. The lowest BCUT2D eigenvalue weighted by atomic mass is 10.0. The van der Waals surface area contributed by atoms with Gasteiger partial charge >= 0.3 is 5.97 Å². The minimum absolute atomic E-state index is 0. The summed E-state index contributed by atoms with van der Waals surface area (Å²) in [5.74, 6) is -0.890. The van der Waals surface area contributed by atoms with Gasteiger partial charge in [-0.2, -0.15) is 0 Å². The highest BCUT2D eigenvalue weighted by atomic mass is 35.5. The molecule has 0 amide bonds. The molecule has 0 aliphatic heterocycles. The van der Waals surface area contributed by atoms with Gasteiger partial charge in [-0.15, -0.1) is 12.4 Å². The summed E-state index contributed by atoms with van der Waals surface area (Å²) >= 11 is 0. The average Bonchev–Trinajstić information content (AvgIpc) is 2.62. The quantitative estimate of drug-likeness (QED) is 0.748. The van der Waals surface area contributed by atoms with Gasteiger partial charge in [-0.05, 0) is 28.3 Å². The molecule has 2 aliphatic rings. The van der Waals surface area contributed by atoms with Crippen LogP contribution in [0.2, 0.25) is 0 Å². The average molecular weight is 285 g/mol. The zero-order valence-electron chi connectivity index (χ0n) is 10.6. The largest absolute Gasteiger partial charge is 0.478 e. The number of fused-ring (bicyclic) bond motifs is 1. The summed E-state index contributed by atoms with van der Waals surface area (Å²) in [5.41, 5.74) is 4.09. The lowest BCUT2D eigenvalue weighted by molar-refractivity contribution is 0.0698. The smallest absolute Gasteiger partial charge is 0.336 e. The van der Waals surface area contributed by atoms with Crippen LogP contribution in [0.5, 0.6) is 0 Å². The molecule has 3 rings (SSSR count). The van der Waals surface area contributed by atoms with E-state index in [0.29, 0.717) is 5.56 Å². The number of carboxylic acids is 1. The van der Waals surface area contributed by atoms with Crippen molar-refractivity contribution in [2.24, 2.45) is 0 Å². The van der Waals surface area contributed by atoms with Crippen molar-refractivity contribution in [3.63, 3.8) is 0 Å². The first kappa shape index (κ1) is 14.1. The fourth-order valence-electron chi connectivity index (χ4n) is 2.35. The monoisotopic (exact) mass is 284 g/mol. The minimum Gasteiger partial charge on any atom is -0.478 e. The van der Waals surface area contributed by atoms with E-state index >= 15 is 0 Å². The van der Waals surface area contributed by atoms with Crippen molar-refractivity contribution < 1.29 is 9.90 Å². The molecule has 0 radical (unpaired) electrons. The Morgan fingerprint density at radius 1 is 0.750 bits per heavy atom. The maximum Gasteiger partial charge on any atom is 0.336 e. The molecule has 20 heavy (non-hydrogen) atoms. The van der Waals surface area contributed by atoms with Crippen LogP contribution in [-0.4, -0.2) is 11.1 Å². The molecule has 0 atom stereocenters. The van der Waals surface area contributed by atoms with Crippen molar-refractivity contribution in [3.05, 3.63) is 72.3 Å². The third-order valence-corrected chi connectivity index (χ3v) is 3.22. The van der Waals surface area contributed by atoms with Crippen LogP contribution >= 0.6 is 12.4 Å². The fourth-order valence-corrected chi connectivity index (χ4v) is 2.35. The Bertz CT molecular complexity index is 707. The highest BCUT2D eigenvalue weighted by Gasteiger charge is 2.19. The first-order valence-electron chi connectivity index (χ1n) is 6.08. The Morgan fingerprint density at radius 3 is 1.90 bits per heavy atom. The number of rotatable bonds is 2. The van der Waals surface area contributed by atoms with Gasteiger partial charge in [0, 0.05) is 0 Å². The van der Waals surface area contributed by atoms with Crippen molar-refractivity contribution in [1.82, 2.24) is 0 Å². The SMILES string of the molecule is Cl.O=C(O)c1cc(-c2ccccc2)c2cccccc1-2. The Morgan fingerprint density at radius 2 is 1.30 bits per heavy atom. The lowest BCUT2D eigenvalue weighted by Gasteiger charge is -2.01. The molecule has 100 valence electrons. The molecular weight excluding hydrogens is 272 g/mol. The molecule has 0 saturated heterocycles. The molecule has 0 fully saturated rings. The Labute approximate surface area is 123 Å². The molecular formula is C17H13ClO2. The zero-order chi connectivity index (χ0) is 13.2. The molecule has 1 N–H and O–H groups in total. The van der Waals surface area contributed by atoms with Gasteiger partial charge in [0.1, 0.15) is 0 Å². The number of aromatic carboxylic acids is 1. The van der Waals surface area contributed by atoms with Gasteiger partial charge in [0.15, 0.2) is 0 Å². The van der Waals surface area contributed by atoms with Crippen LogP contribution in [0.1, 0.15) is 10.4 Å². The Balaban J connectivity index is 0.00000147. The van der Waals surface area contributed by atoms with Crippen LogP contribution in [0, 0.1) is 0 Å². The van der Waals surface area contributed by atoms with Crippen LogP contribution in [-0.2, 0) is 0 Å². The number of carboxylic acid groups (broad SMARTS) is 1. The third-order valence-electron chi connectivity index (χ3n) is 3.22. The van der Waals surface area contributed by atoms with Crippen molar-refractivity contribution in [3.8, 4) is 22.3 Å². The van der Waals surface area contributed by atoms with Gasteiger partial charge in [0.2, 0.25) is 0 Å². The zero-order valence-corrected chi connectivity index (χ0v) is 11.4. The van der Waals surface area contributed by atoms with Gasteiger partial charge in [0.05, 0.1) is 5.56 Å². The molecule has 2 aliphatic carbocycles. The predicted octanol–water partition coefficient (Wildman–Crippen LogP) is 4.58. The van der Waals surface area contributed by atoms with E-state index in [4.69, 9.17) is 0 Å². The molecule has 1 aromatic carbocycles. The lowest BCUT2D eigenvalue weighted by Crippen LogP contribution is -1.94. The molecule has 0 saturated carbocycles. The van der Waals surface area contributed by atoms with Gasteiger partial charge in [-0.1, -0.05) is 60.7 Å². The fraction of sp³-hybridized carbons (Fsp3) is 0. The number of hydrogen-bond acceptors (Lipinski definition) is 1. The van der Waals surface area contributed by atoms with Crippen LogP contribution in [0.15, 0.2) is 66.7 Å². The molecule has 0 heterocycles. The Kier molecular flexibility index (Phi) is 4.06. The molecule has 0 unspecified atom stereocenters. The minimum atomic E-state index is -0.890. The van der Waals surface area contributed by atoms with E-state index in [1.54, 1.807) is 6.07 Å². The first-order chi connectivity index (χ1) is 9.27. The van der Waals surface area contributed by atoms with Crippen molar-refractivity contribution in [2.75, 3.05) is 0 Å². The number of halogens is 1. The van der Waals surface area contributed by atoms with E-state index in [9.17, 15) is 9.90 Å². The maximum absolute atomic E-state index is 11.4. The predicted molar refractivity (Wildman–Crippen MR) is 82.7 cm³/mol. The molecule has 2 nitrogen and oxygen atoms in total. The number of hydrogen-bond donors (Lipinski definition) is 1. The van der Waals surface area contributed by atoms with Crippen LogP contribution in [0.4, 0.5) is 0 Å². The summed E-state index contributed by atoms with van der Waals surface area (Å²) in [6.07, 6.45) is 0. The van der Waals surface area contributed by atoms with E-state index < -0.39 is 5.97 Å². The van der Waals surface area contributed by atoms with E-state index in [-0.39, 0.29) is 12.4 Å². The summed E-state index contributed by atoms with van der Waals surface area (Å²) < 4.78 is 0. The molecule has 3 heteroatoms. The Hall–Kier alpha value is -2.32. The van der Waals surface area contributed by atoms with E-state index in [1.165, 1.54) is 0 Å². The maximum atomic E-state index is 11.4. The van der Waals surface area contributed by atoms with Gasteiger partial charge in [-0.3, -0.25) is 0 Å². The highest BCUT2D eigenvalue weighted by Crippen LogP contribution is 2.38. The molecule has 0 aromatic heterocycles. The second kappa shape index (κ2) is 5.76. The summed E-state index contributed by atoms with van der Waals surface area (Å²) in [4.78, 5) is 11.4. The molecule has 0 spiro atoms. The standard InChI is InChI=1S/C17H12O2.ClH/c18-17(19)16-11-15(12-7-3-1-4-8-12)13-9-5-2-6-10-14(13)16;/h1-11H,(H,18,19);1H. The molecule has 0 bridgehead atoms. The van der Waals surface area contributed by atoms with E-state index in [2.05, 4.69) is 0 Å². The second-order valence-corrected chi connectivity index (χ2v) is 4.38. The first-order valence-corrected chi connectivity index (χ1v) is 6.08. The topological polar surface area (TPSA) is 37.3 Å². The van der Waals surface area contributed by atoms with Gasteiger partial charge < -0.3 is 5.11 Å². The summed E-state index contributed by atoms with van der Waals surface area (Å²) in [7, 11) is 0. The van der Waals surface area contributed by atoms with Crippen molar-refractivity contribution >= 4 is 18.4 Å². The molecule has 1 aromatic rings. The van der Waals surface area contributed by atoms with Crippen LogP contribution < -0.4 is 0 Å². The number of carbonyl (C=O) groups is 1. The van der Waals surface area contributed by atoms with Gasteiger partial charge in [0.25, 0.3) is 0 Å². The van der Waals surface area contributed by atoms with Gasteiger partial charge in [-0.25, -0.2) is 4.79 Å². The van der Waals surface area contributed by atoms with E-state index in [0.717, 1.165) is 22.3 Å². The van der Waals surface area contributed by atoms with Crippen molar-refractivity contribution in [1.29, 1.82) is 0 Å².